The molecule has 0 aliphatic heterocycles. The van der Waals surface area contributed by atoms with Crippen LogP contribution in [0.25, 0.3) is 0 Å². The average molecular weight is 286 g/mol. The van der Waals surface area contributed by atoms with Gasteiger partial charge in [0.1, 0.15) is 0 Å². The molecular formula is C16H18N2OS. The van der Waals surface area contributed by atoms with E-state index in [2.05, 4.69) is 22.8 Å². The van der Waals surface area contributed by atoms with Crippen molar-refractivity contribution in [1.29, 1.82) is 0 Å². The SMILES string of the molecule is O=C(NCCSCc1ccccc1)Nc1ccccc1. The number of hydrogen-bond donors (Lipinski definition) is 2. The topological polar surface area (TPSA) is 41.1 Å². The standard InChI is InChI=1S/C16H18N2OS/c19-16(18-15-9-5-2-6-10-15)17-11-12-20-13-14-7-3-1-4-8-14/h1-10H,11-13H2,(H2,17,18,19). The highest BCUT2D eigenvalue weighted by Gasteiger charge is 2.00. The van der Waals surface area contributed by atoms with Crippen LogP contribution in [0.3, 0.4) is 0 Å². The number of carbonyl (C=O) groups is 1. The number of amides is 2. The first-order valence-corrected chi connectivity index (χ1v) is 7.71. The maximum Gasteiger partial charge on any atom is 0.319 e. The van der Waals surface area contributed by atoms with Gasteiger partial charge in [-0.2, -0.15) is 11.8 Å². The van der Waals surface area contributed by atoms with E-state index in [-0.39, 0.29) is 6.03 Å². The van der Waals surface area contributed by atoms with Crippen LogP contribution in [0.15, 0.2) is 60.7 Å². The number of rotatable bonds is 6. The van der Waals surface area contributed by atoms with Gasteiger partial charge in [-0.15, -0.1) is 0 Å². The molecule has 0 heterocycles. The van der Waals surface area contributed by atoms with Gasteiger partial charge in [-0.25, -0.2) is 4.79 Å². The number of anilines is 1. The van der Waals surface area contributed by atoms with E-state index >= 15 is 0 Å². The molecule has 2 amide bonds. The molecule has 2 N–H and O–H groups in total. The van der Waals surface area contributed by atoms with E-state index in [1.165, 1.54) is 5.56 Å². The van der Waals surface area contributed by atoms with Gasteiger partial charge in [-0.05, 0) is 17.7 Å². The van der Waals surface area contributed by atoms with Gasteiger partial charge >= 0.3 is 6.03 Å². The maximum atomic E-state index is 11.6. The summed E-state index contributed by atoms with van der Waals surface area (Å²) in [6, 6.07) is 19.6. The Hall–Kier alpha value is -1.94. The number of nitrogens with one attached hydrogen (secondary N) is 2. The number of thioether (sulfide) groups is 1. The molecule has 0 atom stereocenters. The molecule has 3 nitrogen and oxygen atoms in total. The van der Waals surface area contributed by atoms with E-state index in [1.54, 1.807) is 0 Å². The molecule has 2 aromatic rings. The second-order valence-electron chi connectivity index (χ2n) is 4.29. The van der Waals surface area contributed by atoms with Crippen molar-refractivity contribution in [2.24, 2.45) is 0 Å². The second kappa shape index (κ2) is 8.27. The number of benzene rings is 2. The van der Waals surface area contributed by atoms with Crippen LogP contribution in [0.1, 0.15) is 5.56 Å². The molecule has 0 spiro atoms. The quantitative estimate of drug-likeness (QED) is 0.794. The number of hydrogen-bond acceptors (Lipinski definition) is 2. The minimum atomic E-state index is -0.156. The van der Waals surface area contributed by atoms with Gasteiger partial charge in [-0.3, -0.25) is 0 Å². The Balaban J connectivity index is 1.58. The van der Waals surface area contributed by atoms with E-state index in [4.69, 9.17) is 0 Å². The van der Waals surface area contributed by atoms with Crippen LogP contribution in [0.2, 0.25) is 0 Å². The molecule has 0 saturated carbocycles. The predicted molar refractivity (Wildman–Crippen MR) is 86.1 cm³/mol. The number of urea groups is 1. The third kappa shape index (κ3) is 5.36. The van der Waals surface area contributed by atoms with Gasteiger partial charge in [-0.1, -0.05) is 48.5 Å². The van der Waals surface area contributed by atoms with E-state index in [1.807, 2.05) is 60.3 Å². The lowest BCUT2D eigenvalue weighted by Gasteiger charge is -2.07. The zero-order valence-electron chi connectivity index (χ0n) is 11.2. The Morgan fingerprint density at radius 3 is 2.30 bits per heavy atom. The fourth-order valence-corrected chi connectivity index (χ4v) is 2.52. The lowest BCUT2D eigenvalue weighted by molar-refractivity contribution is 0.252. The van der Waals surface area contributed by atoms with Crippen LogP contribution < -0.4 is 10.6 Å². The summed E-state index contributed by atoms with van der Waals surface area (Å²) in [5.41, 5.74) is 2.12. The molecule has 0 radical (unpaired) electrons. The normalized spacial score (nSPS) is 10.0. The van der Waals surface area contributed by atoms with Crippen molar-refractivity contribution < 1.29 is 4.79 Å². The third-order valence-corrected chi connectivity index (χ3v) is 3.71. The van der Waals surface area contributed by atoms with Crippen LogP contribution in [0, 0.1) is 0 Å². The lowest BCUT2D eigenvalue weighted by atomic mass is 10.2. The number of carbonyl (C=O) groups excluding carboxylic acids is 1. The minimum Gasteiger partial charge on any atom is -0.337 e. The molecular weight excluding hydrogens is 268 g/mol. The molecule has 0 unspecified atom stereocenters. The highest BCUT2D eigenvalue weighted by atomic mass is 32.2. The number of para-hydroxylation sites is 1. The fraction of sp³-hybridized carbons (Fsp3) is 0.188. The summed E-state index contributed by atoms with van der Waals surface area (Å²) >= 11 is 1.81. The van der Waals surface area contributed by atoms with Crippen LogP contribution in [-0.2, 0) is 5.75 Å². The van der Waals surface area contributed by atoms with Gasteiger partial charge < -0.3 is 10.6 Å². The molecule has 0 aromatic heterocycles. The summed E-state index contributed by atoms with van der Waals surface area (Å²) in [5, 5.41) is 5.64. The van der Waals surface area contributed by atoms with E-state index in [9.17, 15) is 4.79 Å². The minimum absolute atomic E-state index is 0.156. The first-order valence-electron chi connectivity index (χ1n) is 6.56. The predicted octanol–water partition coefficient (Wildman–Crippen LogP) is 3.74. The Bertz CT molecular complexity index is 517. The average Bonchev–Trinajstić information content (AvgIpc) is 2.49. The zero-order valence-corrected chi connectivity index (χ0v) is 12.0. The smallest absolute Gasteiger partial charge is 0.319 e. The molecule has 2 rings (SSSR count). The van der Waals surface area contributed by atoms with Crippen molar-refractivity contribution in [3.8, 4) is 0 Å². The summed E-state index contributed by atoms with van der Waals surface area (Å²) in [6.07, 6.45) is 0. The Morgan fingerprint density at radius 2 is 1.60 bits per heavy atom. The van der Waals surface area contributed by atoms with Gasteiger partial charge in [0.15, 0.2) is 0 Å². The second-order valence-corrected chi connectivity index (χ2v) is 5.39. The van der Waals surface area contributed by atoms with Crippen molar-refractivity contribution in [3.63, 3.8) is 0 Å². The van der Waals surface area contributed by atoms with Crippen molar-refractivity contribution in [2.45, 2.75) is 5.75 Å². The Morgan fingerprint density at radius 1 is 0.950 bits per heavy atom. The van der Waals surface area contributed by atoms with Crippen molar-refractivity contribution in [3.05, 3.63) is 66.2 Å². The van der Waals surface area contributed by atoms with Gasteiger partial charge in [0.2, 0.25) is 0 Å². The molecule has 0 aliphatic carbocycles. The van der Waals surface area contributed by atoms with E-state index in [0.717, 1.165) is 17.2 Å². The van der Waals surface area contributed by atoms with Crippen molar-refractivity contribution in [2.75, 3.05) is 17.6 Å². The first kappa shape index (κ1) is 14.5. The van der Waals surface area contributed by atoms with Crippen LogP contribution in [0.5, 0.6) is 0 Å². The summed E-state index contributed by atoms with van der Waals surface area (Å²) < 4.78 is 0. The largest absolute Gasteiger partial charge is 0.337 e. The zero-order chi connectivity index (χ0) is 14.0. The van der Waals surface area contributed by atoms with E-state index < -0.39 is 0 Å². The Labute approximate surface area is 123 Å². The summed E-state index contributed by atoms with van der Waals surface area (Å²) in [6.45, 7) is 0.663. The highest BCUT2D eigenvalue weighted by molar-refractivity contribution is 7.98. The van der Waals surface area contributed by atoms with E-state index in [0.29, 0.717) is 6.54 Å². The third-order valence-electron chi connectivity index (χ3n) is 2.68. The van der Waals surface area contributed by atoms with Gasteiger partial charge in [0.05, 0.1) is 0 Å². The summed E-state index contributed by atoms with van der Waals surface area (Å²) in [4.78, 5) is 11.6. The van der Waals surface area contributed by atoms with Crippen LogP contribution in [-0.4, -0.2) is 18.3 Å². The molecule has 0 fully saturated rings. The molecule has 4 heteroatoms. The molecule has 0 aliphatic rings. The monoisotopic (exact) mass is 286 g/mol. The summed E-state index contributed by atoms with van der Waals surface area (Å²) in [5.74, 6) is 1.87. The lowest BCUT2D eigenvalue weighted by Crippen LogP contribution is -2.30. The molecule has 20 heavy (non-hydrogen) atoms. The molecule has 0 bridgehead atoms. The summed E-state index contributed by atoms with van der Waals surface area (Å²) in [7, 11) is 0. The fourth-order valence-electron chi connectivity index (χ4n) is 1.70. The van der Waals surface area contributed by atoms with Gasteiger partial charge in [0.25, 0.3) is 0 Å². The maximum absolute atomic E-state index is 11.6. The molecule has 2 aromatic carbocycles. The Kier molecular flexibility index (Phi) is 5.99. The van der Waals surface area contributed by atoms with Crippen molar-refractivity contribution in [1.82, 2.24) is 5.32 Å². The van der Waals surface area contributed by atoms with Crippen LogP contribution >= 0.6 is 11.8 Å². The van der Waals surface area contributed by atoms with Crippen molar-refractivity contribution >= 4 is 23.5 Å². The molecule has 0 saturated heterocycles. The van der Waals surface area contributed by atoms with Crippen LogP contribution in [0.4, 0.5) is 10.5 Å². The highest BCUT2D eigenvalue weighted by Crippen LogP contribution is 2.10. The van der Waals surface area contributed by atoms with Gasteiger partial charge in [0, 0.05) is 23.7 Å². The molecule has 104 valence electrons. The first-order chi connectivity index (χ1) is 9.84.